The third-order valence-corrected chi connectivity index (χ3v) is 4.85. The van der Waals surface area contributed by atoms with Crippen molar-refractivity contribution in [2.24, 2.45) is 7.05 Å². The van der Waals surface area contributed by atoms with Crippen LogP contribution < -0.4 is 9.62 Å². The molecule has 2 aromatic rings. The number of aromatic nitrogens is 2. The molecule has 0 bridgehead atoms. The summed E-state index contributed by atoms with van der Waals surface area (Å²) in [6.45, 7) is 3.36. The van der Waals surface area contributed by atoms with E-state index in [4.69, 9.17) is 4.98 Å². The van der Waals surface area contributed by atoms with Gasteiger partial charge in [-0.2, -0.15) is 0 Å². The lowest BCUT2D eigenvalue weighted by molar-refractivity contribution is -0.919. The Morgan fingerprint density at radius 3 is 2.68 bits per heavy atom. The molecule has 6 nitrogen and oxygen atoms in total. The van der Waals surface area contributed by atoms with Crippen LogP contribution in [0.25, 0.3) is 11.0 Å². The highest BCUT2D eigenvalue weighted by Gasteiger charge is 2.18. The highest BCUT2D eigenvalue weighted by molar-refractivity contribution is 7.92. The second kappa shape index (κ2) is 5.89. The van der Waals surface area contributed by atoms with Crippen LogP contribution in [0.2, 0.25) is 0 Å². The first-order chi connectivity index (χ1) is 10.4. The molecular formula is C15H23N4O2S+. The van der Waals surface area contributed by atoms with Gasteiger partial charge in [0.2, 0.25) is 10.0 Å². The molecule has 1 fully saturated rings. The van der Waals surface area contributed by atoms with Crippen LogP contribution in [0.4, 0.5) is 5.69 Å². The van der Waals surface area contributed by atoms with E-state index in [9.17, 15) is 8.42 Å². The summed E-state index contributed by atoms with van der Waals surface area (Å²) in [7, 11) is -1.24. The van der Waals surface area contributed by atoms with Gasteiger partial charge in [-0.3, -0.25) is 4.72 Å². The maximum Gasteiger partial charge on any atom is 0.229 e. The highest BCUT2D eigenvalue weighted by atomic mass is 32.2. The van der Waals surface area contributed by atoms with Gasteiger partial charge in [0.25, 0.3) is 0 Å². The SMILES string of the molecule is Cn1c(C[NH+]2CCCCC2)nc2cc(NS(C)(=O)=O)ccc21. The smallest absolute Gasteiger partial charge is 0.229 e. The quantitative estimate of drug-likeness (QED) is 0.862. The number of benzene rings is 1. The number of likely N-dealkylation sites (tertiary alicyclic amines) is 1. The molecule has 0 amide bonds. The van der Waals surface area contributed by atoms with E-state index in [0.29, 0.717) is 5.69 Å². The van der Waals surface area contributed by atoms with E-state index in [0.717, 1.165) is 29.7 Å². The summed E-state index contributed by atoms with van der Waals surface area (Å²) < 4.78 is 27.3. The van der Waals surface area contributed by atoms with Crippen LogP contribution in [0, 0.1) is 0 Å². The minimum Gasteiger partial charge on any atom is -0.329 e. The Kier molecular flexibility index (Phi) is 4.10. The lowest BCUT2D eigenvalue weighted by atomic mass is 10.1. The van der Waals surface area contributed by atoms with Gasteiger partial charge in [0.05, 0.1) is 36.1 Å². The number of fused-ring (bicyclic) bond motifs is 1. The predicted octanol–water partition coefficient (Wildman–Crippen LogP) is 0.514. The number of sulfonamides is 1. The van der Waals surface area contributed by atoms with Crippen LogP contribution in [0.5, 0.6) is 0 Å². The highest BCUT2D eigenvalue weighted by Crippen LogP contribution is 2.20. The number of imidazole rings is 1. The lowest BCUT2D eigenvalue weighted by Gasteiger charge is -2.23. The van der Waals surface area contributed by atoms with Crippen molar-refractivity contribution in [2.75, 3.05) is 24.1 Å². The van der Waals surface area contributed by atoms with E-state index in [-0.39, 0.29) is 0 Å². The number of anilines is 1. The van der Waals surface area contributed by atoms with Crippen molar-refractivity contribution in [3.05, 3.63) is 24.0 Å². The fourth-order valence-electron chi connectivity index (χ4n) is 3.14. The second-order valence-corrected chi connectivity index (χ2v) is 7.90. The number of nitrogens with one attached hydrogen (secondary N) is 2. The van der Waals surface area contributed by atoms with E-state index in [1.54, 1.807) is 17.0 Å². The molecule has 1 saturated heterocycles. The Morgan fingerprint density at radius 2 is 2.00 bits per heavy atom. The fourth-order valence-corrected chi connectivity index (χ4v) is 3.69. The minimum atomic E-state index is -3.26. The number of aryl methyl sites for hydroxylation is 1. The first-order valence-corrected chi connectivity index (χ1v) is 9.58. The van der Waals surface area contributed by atoms with Gasteiger partial charge in [-0.05, 0) is 37.5 Å². The summed E-state index contributed by atoms with van der Waals surface area (Å²) >= 11 is 0. The molecule has 0 unspecified atom stereocenters. The molecule has 0 atom stereocenters. The van der Waals surface area contributed by atoms with Crippen molar-refractivity contribution in [1.82, 2.24) is 9.55 Å². The molecule has 1 aromatic carbocycles. The maximum atomic E-state index is 11.3. The van der Waals surface area contributed by atoms with Crippen molar-refractivity contribution in [1.29, 1.82) is 0 Å². The number of nitrogens with zero attached hydrogens (tertiary/aromatic N) is 2. The molecule has 0 spiro atoms. The summed E-state index contributed by atoms with van der Waals surface area (Å²) in [5.74, 6) is 1.06. The van der Waals surface area contributed by atoms with Crippen molar-refractivity contribution >= 4 is 26.7 Å². The topological polar surface area (TPSA) is 68.4 Å². The Balaban J connectivity index is 1.87. The molecule has 120 valence electrons. The van der Waals surface area contributed by atoms with Gasteiger partial charge < -0.3 is 9.47 Å². The van der Waals surface area contributed by atoms with E-state index in [2.05, 4.69) is 9.29 Å². The standard InChI is InChI=1S/C15H22N4O2S/c1-18-14-7-6-12(17-22(2,20)21)10-13(14)16-15(18)11-19-8-4-3-5-9-19/h6-7,10,17H,3-5,8-9,11H2,1-2H3/p+1. The van der Waals surface area contributed by atoms with E-state index < -0.39 is 10.0 Å². The third kappa shape index (κ3) is 3.41. The molecule has 1 aliphatic rings. The Hall–Kier alpha value is -1.60. The molecule has 3 rings (SSSR count). The largest absolute Gasteiger partial charge is 0.329 e. The zero-order valence-electron chi connectivity index (χ0n) is 13.1. The zero-order chi connectivity index (χ0) is 15.7. The summed E-state index contributed by atoms with van der Waals surface area (Å²) in [5, 5.41) is 0. The van der Waals surface area contributed by atoms with Crippen LogP contribution in [0.15, 0.2) is 18.2 Å². The van der Waals surface area contributed by atoms with Crippen molar-refractivity contribution in [3.63, 3.8) is 0 Å². The van der Waals surface area contributed by atoms with Crippen LogP contribution in [0.1, 0.15) is 25.1 Å². The van der Waals surface area contributed by atoms with Gasteiger partial charge in [0, 0.05) is 7.05 Å². The fraction of sp³-hybridized carbons (Fsp3) is 0.533. The third-order valence-electron chi connectivity index (χ3n) is 4.25. The van der Waals surface area contributed by atoms with Crippen LogP contribution in [-0.2, 0) is 23.6 Å². The van der Waals surface area contributed by atoms with Crippen molar-refractivity contribution < 1.29 is 13.3 Å². The average molecular weight is 323 g/mol. The van der Waals surface area contributed by atoms with Gasteiger partial charge in [-0.25, -0.2) is 13.4 Å². The first-order valence-electron chi connectivity index (χ1n) is 7.69. The molecule has 0 aliphatic carbocycles. The van der Waals surface area contributed by atoms with Crippen LogP contribution >= 0.6 is 0 Å². The molecular weight excluding hydrogens is 300 g/mol. The Bertz CT molecular complexity index is 776. The Labute approximate surface area is 131 Å². The monoisotopic (exact) mass is 323 g/mol. The van der Waals surface area contributed by atoms with Crippen molar-refractivity contribution in [3.8, 4) is 0 Å². The second-order valence-electron chi connectivity index (χ2n) is 6.15. The number of rotatable bonds is 4. The van der Waals surface area contributed by atoms with Crippen LogP contribution in [0.3, 0.4) is 0 Å². The molecule has 22 heavy (non-hydrogen) atoms. The van der Waals surface area contributed by atoms with Gasteiger partial charge in [0.15, 0.2) is 5.82 Å². The normalized spacial score (nSPS) is 17.0. The van der Waals surface area contributed by atoms with E-state index in [1.807, 2.05) is 13.1 Å². The number of quaternary nitrogens is 1. The van der Waals surface area contributed by atoms with E-state index in [1.165, 1.54) is 32.4 Å². The van der Waals surface area contributed by atoms with Gasteiger partial charge >= 0.3 is 0 Å². The molecule has 2 N–H and O–H groups in total. The molecule has 2 heterocycles. The maximum absolute atomic E-state index is 11.3. The first kappa shape index (κ1) is 15.3. The van der Waals surface area contributed by atoms with Gasteiger partial charge in [-0.15, -0.1) is 0 Å². The number of hydrogen-bond acceptors (Lipinski definition) is 3. The molecule has 1 aromatic heterocycles. The molecule has 7 heteroatoms. The predicted molar refractivity (Wildman–Crippen MR) is 87.4 cm³/mol. The molecule has 1 aliphatic heterocycles. The van der Waals surface area contributed by atoms with Crippen molar-refractivity contribution in [2.45, 2.75) is 25.8 Å². The molecule has 0 radical (unpaired) electrons. The zero-order valence-corrected chi connectivity index (χ0v) is 13.9. The summed E-state index contributed by atoms with van der Waals surface area (Å²) in [6, 6.07) is 5.50. The summed E-state index contributed by atoms with van der Waals surface area (Å²) in [4.78, 5) is 6.29. The Morgan fingerprint density at radius 1 is 1.27 bits per heavy atom. The summed E-state index contributed by atoms with van der Waals surface area (Å²) in [6.07, 6.45) is 5.08. The van der Waals surface area contributed by atoms with E-state index >= 15 is 0 Å². The minimum absolute atomic E-state index is 0.560. The van der Waals surface area contributed by atoms with Gasteiger partial charge in [-0.1, -0.05) is 0 Å². The number of hydrogen-bond donors (Lipinski definition) is 2. The van der Waals surface area contributed by atoms with Gasteiger partial charge in [0.1, 0.15) is 6.54 Å². The lowest BCUT2D eigenvalue weighted by Crippen LogP contribution is -3.11. The summed E-state index contributed by atoms with van der Waals surface area (Å²) in [5.41, 5.74) is 2.43. The molecule has 0 saturated carbocycles. The number of piperidine rings is 1. The average Bonchev–Trinajstić information content (AvgIpc) is 2.74. The van der Waals surface area contributed by atoms with Crippen LogP contribution in [-0.4, -0.2) is 37.3 Å².